The lowest BCUT2D eigenvalue weighted by Crippen LogP contribution is -2.48. The Morgan fingerprint density at radius 2 is 1.90 bits per heavy atom. The van der Waals surface area contributed by atoms with Crippen LogP contribution >= 0.6 is 22.9 Å². The van der Waals surface area contributed by atoms with Crippen LogP contribution in [0.3, 0.4) is 0 Å². The van der Waals surface area contributed by atoms with Crippen LogP contribution in [0, 0.1) is 0 Å². The molecule has 2 fully saturated rings. The normalized spacial score (nSPS) is 20.3. The topological polar surface area (TPSA) is 44.3 Å². The van der Waals surface area contributed by atoms with Gasteiger partial charge < -0.3 is 9.88 Å². The standard InChI is InChI=1S/C23H31ClN4OS/c1-3-5-20-21(4-2)28(23(29)25-20)18-8-13-27(14-9-18)17-6-11-26(12-7-17)16-22-19(24)10-15-30-22/h3-5,10,15,17-18H,2,6-9,11-14,16H2,1H3,(H,25,29)/b5-3-. The monoisotopic (exact) mass is 446 g/mol. The van der Waals surface area contributed by atoms with Crippen LogP contribution in [0.4, 0.5) is 0 Å². The van der Waals surface area contributed by atoms with Crippen molar-refractivity contribution >= 4 is 35.1 Å². The predicted octanol–water partition coefficient (Wildman–Crippen LogP) is 4.87. The van der Waals surface area contributed by atoms with E-state index in [1.807, 2.05) is 29.7 Å². The molecule has 0 atom stereocenters. The highest BCUT2D eigenvalue weighted by Crippen LogP contribution is 2.29. The number of rotatable bonds is 6. The van der Waals surface area contributed by atoms with Gasteiger partial charge in [-0.1, -0.05) is 24.3 Å². The van der Waals surface area contributed by atoms with Gasteiger partial charge in [0.05, 0.1) is 16.4 Å². The molecular formula is C23H31ClN4OS. The van der Waals surface area contributed by atoms with Crippen LogP contribution < -0.4 is 5.69 Å². The van der Waals surface area contributed by atoms with Gasteiger partial charge in [-0.05, 0) is 56.2 Å². The van der Waals surface area contributed by atoms with Gasteiger partial charge in [-0.15, -0.1) is 11.3 Å². The van der Waals surface area contributed by atoms with Crippen LogP contribution in [0.1, 0.15) is 54.9 Å². The number of allylic oxidation sites excluding steroid dienone is 1. The lowest BCUT2D eigenvalue weighted by atomic mass is 9.97. The first-order chi connectivity index (χ1) is 14.6. The number of hydrogen-bond acceptors (Lipinski definition) is 4. The molecule has 0 spiro atoms. The molecule has 2 aliphatic rings. The molecule has 2 saturated heterocycles. The van der Waals surface area contributed by atoms with Crippen molar-refractivity contribution in [1.82, 2.24) is 19.4 Å². The highest BCUT2D eigenvalue weighted by atomic mass is 35.5. The molecule has 30 heavy (non-hydrogen) atoms. The smallest absolute Gasteiger partial charge is 0.306 e. The lowest BCUT2D eigenvalue weighted by molar-refractivity contribution is 0.0766. The molecule has 0 aliphatic carbocycles. The first-order valence-corrected chi connectivity index (χ1v) is 12.1. The van der Waals surface area contributed by atoms with Gasteiger partial charge in [0.25, 0.3) is 0 Å². The Morgan fingerprint density at radius 1 is 1.20 bits per heavy atom. The second-order valence-corrected chi connectivity index (χ2v) is 9.68. The number of nitrogens with one attached hydrogen (secondary N) is 1. The molecule has 0 amide bonds. The third kappa shape index (κ3) is 4.52. The summed E-state index contributed by atoms with van der Waals surface area (Å²) in [7, 11) is 0. The maximum Gasteiger partial charge on any atom is 0.326 e. The van der Waals surface area contributed by atoms with Crippen molar-refractivity contribution in [2.45, 2.75) is 51.2 Å². The van der Waals surface area contributed by atoms with Gasteiger partial charge in [-0.2, -0.15) is 0 Å². The van der Waals surface area contributed by atoms with Gasteiger partial charge in [0, 0.05) is 49.7 Å². The Kier molecular flexibility index (Phi) is 6.98. The van der Waals surface area contributed by atoms with Crippen molar-refractivity contribution in [3.63, 3.8) is 0 Å². The lowest BCUT2D eigenvalue weighted by Gasteiger charge is -2.42. The second-order valence-electron chi connectivity index (χ2n) is 8.27. The Morgan fingerprint density at radius 3 is 2.50 bits per heavy atom. The van der Waals surface area contributed by atoms with E-state index in [-0.39, 0.29) is 11.7 Å². The van der Waals surface area contributed by atoms with Gasteiger partial charge in [0.2, 0.25) is 0 Å². The van der Waals surface area contributed by atoms with Crippen molar-refractivity contribution < 1.29 is 0 Å². The van der Waals surface area contributed by atoms with Crippen LogP contribution in [-0.2, 0) is 6.54 Å². The summed E-state index contributed by atoms with van der Waals surface area (Å²) in [6.07, 6.45) is 10.1. The molecule has 0 bridgehead atoms. The predicted molar refractivity (Wildman–Crippen MR) is 127 cm³/mol. The summed E-state index contributed by atoms with van der Waals surface area (Å²) in [6, 6.07) is 2.90. The third-order valence-electron chi connectivity index (χ3n) is 6.52. The zero-order valence-corrected chi connectivity index (χ0v) is 19.2. The molecule has 0 radical (unpaired) electrons. The summed E-state index contributed by atoms with van der Waals surface area (Å²) in [5.74, 6) is 0. The molecule has 2 aromatic heterocycles. The Bertz CT molecular complexity index is 943. The number of nitrogens with zero attached hydrogens (tertiary/aromatic N) is 3. The van der Waals surface area contributed by atoms with E-state index in [0.717, 1.165) is 62.0 Å². The average molecular weight is 447 g/mol. The largest absolute Gasteiger partial charge is 0.326 e. The first-order valence-electron chi connectivity index (χ1n) is 10.9. The number of H-pyrrole nitrogens is 1. The average Bonchev–Trinajstić information content (AvgIpc) is 3.31. The molecule has 7 heteroatoms. The van der Waals surface area contributed by atoms with Crippen molar-refractivity contribution in [2.24, 2.45) is 0 Å². The number of hydrogen-bond donors (Lipinski definition) is 1. The molecule has 4 heterocycles. The number of aromatic amines is 1. The Hall–Kier alpha value is -1.60. The fraction of sp³-hybridized carbons (Fsp3) is 0.522. The molecule has 0 aromatic carbocycles. The van der Waals surface area contributed by atoms with Gasteiger partial charge in [0.1, 0.15) is 0 Å². The molecule has 2 aliphatic heterocycles. The highest BCUT2D eigenvalue weighted by molar-refractivity contribution is 7.10. The second kappa shape index (κ2) is 9.69. The maximum atomic E-state index is 12.6. The van der Waals surface area contributed by atoms with Crippen LogP contribution in [0.5, 0.6) is 0 Å². The molecular weight excluding hydrogens is 416 g/mol. The van der Waals surface area contributed by atoms with E-state index in [1.54, 1.807) is 17.4 Å². The van der Waals surface area contributed by atoms with E-state index in [0.29, 0.717) is 6.04 Å². The van der Waals surface area contributed by atoms with E-state index in [4.69, 9.17) is 11.6 Å². The van der Waals surface area contributed by atoms with E-state index >= 15 is 0 Å². The SMILES string of the molecule is C=Cc1c(/C=C\C)[nH]c(=O)n1C1CCN(C2CCN(Cc3sccc3Cl)CC2)CC1. The van der Waals surface area contributed by atoms with Gasteiger partial charge in [0.15, 0.2) is 0 Å². The number of likely N-dealkylation sites (tertiary alicyclic amines) is 2. The fourth-order valence-corrected chi connectivity index (χ4v) is 6.07. The van der Waals surface area contributed by atoms with Crippen LogP contribution in [0.15, 0.2) is 28.9 Å². The molecule has 4 rings (SSSR count). The van der Waals surface area contributed by atoms with Gasteiger partial charge >= 0.3 is 5.69 Å². The van der Waals surface area contributed by atoms with E-state index in [1.165, 1.54) is 17.7 Å². The summed E-state index contributed by atoms with van der Waals surface area (Å²) >= 11 is 8.02. The van der Waals surface area contributed by atoms with Gasteiger partial charge in [-0.25, -0.2) is 4.79 Å². The maximum absolute atomic E-state index is 12.6. The third-order valence-corrected chi connectivity index (χ3v) is 7.89. The van der Waals surface area contributed by atoms with Crippen molar-refractivity contribution in [2.75, 3.05) is 26.2 Å². The number of aromatic nitrogens is 2. The molecule has 0 saturated carbocycles. The van der Waals surface area contributed by atoms with Gasteiger partial charge in [-0.3, -0.25) is 9.47 Å². The highest BCUT2D eigenvalue weighted by Gasteiger charge is 2.30. The summed E-state index contributed by atoms with van der Waals surface area (Å²) in [4.78, 5) is 22.0. The van der Waals surface area contributed by atoms with Crippen LogP contribution in [0.2, 0.25) is 5.02 Å². The molecule has 1 N–H and O–H groups in total. The number of halogens is 1. The summed E-state index contributed by atoms with van der Waals surface area (Å²) < 4.78 is 1.92. The van der Waals surface area contributed by atoms with E-state index in [2.05, 4.69) is 26.7 Å². The molecule has 162 valence electrons. The van der Waals surface area contributed by atoms with Crippen LogP contribution in [-0.4, -0.2) is 51.6 Å². The first kappa shape index (κ1) is 21.6. The van der Waals surface area contributed by atoms with E-state index < -0.39 is 0 Å². The Balaban J connectivity index is 1.32. The molecule has 0 unspecified atom stereocenters. The number of imidazole rings is 1. The zero-order chi connectivity index (χ0) is 21.1. The number of piperidine rings is 2. The molecule has 2 aromatic rings. The summed E-state index contributed by atoms with van der Waals surface area (Å²) in [5.41, 5.74) is 1.76. The Labute approximate surface area is 187 Å². The van der Waals surface area contributed by atoms with Crippen molar-refractivity contribution in [1.29, 1.82) is 0 Å². The molecule has 5 nitrogen and oxygen atoms in total. The fourth-order valence-electron chi connectivity index (χ4n) is 4.94. The minimum atomic E-state index is -0.0167. The number of thiophene rings is 1. The minimum Gasteiger partial charge on any atom is -0.306 e. The minimum absolute atomic E-state index is 0.0167. The zero-order valence-electron chi connectivity index (χ0n) is 17.6. The quantitative estimate of drug-likeness (QED) is 0.688. The van der Waals surface area contributed by atoms with Crippen molar-refractivity contribution in [3.8, 4) is 0 Å². The van der Waals surface area contributed by atoms with Crippen molar-refractivity contribution in [3.05, 3.63) is 55.9 Å². The van der Waals surface area contributed by atoms with E-state index in [9.17, 15) is 4.79 Å². The summed E-state index contributed by atoms with van der Waals surface area (Å²) in [5, 5.41) is 2.98. The summed E-state index contributed by atoms with van der Waals surface area (Å²) in [6.45, 7) is 11.2. The van der Waals surface area contributed by atoms with Crippen LogP contribution in [0.25, 0.3) is 12.2 Å².